The average molecular weight is 402 g/mol. The third-order valence-corrected chi connectivity index (χ3v) is 6.03. The van der Waals surface area contributed by atoms with Crippen molar-refractivity contribution in [2.75, 3.05) is 16.8 Å². The van der Waals surface area contributed by atoms with Crippen LogP contribution in [0.3, 0.4) is 0 Å². The Morgan fingerprint density at radius 3 is 2.63 bits per heavy atom. The average Bonchev–Trinajstić information content (AvgIpc) is 2.68. The molecular weight excluding hydrogens is 370 g/mol. The Balaban J connectivity index is 1.91. The van der Waals surface area contributed by atoms with Gasteiger partial charge in [0.15, 0.2) is 0 Å². The predicted octanol–water partition coefficient (Wildman–Crippen LogP) is 5.96. The van der Waals surface area contributed by atoms with Crippen LogP contribution in [0.1, 0.15) is 62.3 Å². The number of anilines is 2. The Bertz CT molecular complexity index is 1040. The molecule has 4 heteroatoms. The number of hydrogen-bond acceptors (Lipinski definition) is 3. The minimum atomic E-state index is -0.383. The Kier molecular flexibility index (Phi) is 6.03. The number of amides is 1. The van der Waals surface area contributed by atoms with Gasteiger partial charge in [0.1, 0.15) is 11.6 Å². The van der Waals surface area contributed by atoms with E-state index in [1.54, 1.807) is 6.08 Å². The summed E-state index contributed by atoms with van der Waals surface area (Å²) in [5.41, 5.74) is 6.46. The van der Waals surface area contributed by atoms with Gasteiger partial charge in [0.05, 0.1) is 0 Å². The van der Waals surface area contributed by atoms with Gasteiger partial charge in [-0.2, -0.15) is 5.26 Å². The van der Waals surface area contributed by atoms with E-state index in [9.17, 15) is 10.1 Å². The number of rotatable bonds is 4. The molecule has 30 heavy (non-hydrogen) atoms. The van der Waals surface area contributed by atoms with Gasteiger partial charge in [-0.05, 0) is 87.9 Å². The molecule has 156 valence electrons. The molecule has 2 aromatic rings. The van der Waals surface area contributed by atoms with E-state index in [1.165, 1.54) is 11.3 Å². The minimum absolute atomic E-state index is 0.103. The van der Waals surface area contributed by atoms with Crippen LogP contribution in [0.4, 0.5) is 11.4 Å². The van der Waals surface area contributed by atoms with Crippen LogP contribution in [-0.4, -0.2) is 18.0 Å². The van der Waals surface area contributed by atoms with E-state index >= 15 is 0 Å². The molecule has 0 radical (unpaired) electrons. The molecule has 0 saturated heterocycles. The number of hydrogen-bond donors (Lipinski definition) is 1. The molecule has 0 saturated carbocycles. The molecule has 0 spiro atoms. The van der Waals surface area contributed by atoms with Crippen molar-refractivity contribution in [2.45, 2.75) is 59.4 Å². The second-order valence-electron chi connectivity index (χ2n) is 8.92. The lowest BCUT2D eigenvalue weighted by Crippen LogP contribution is -2.48. The fourth-order valence-corrected chi connectivity index (χ4v) is 4.66. The second kappa shape index (κ2) is 8.36. The monoisotopic (exact) mass is 401 g/mol. The van der Waals surface area contributed by atoms with Crippen molar-refractivity contribution in [1.29, 1.82) is 5.26 Å². The number of carbonyl (C=O) groups excluding carboxylic acids is 1. The molecule has 1 heterocycles. The van der Waals surface area contributed by atoms with Gasteiger partial charge in [-0.15, -0.1) is 0 Å². The molecule has 1 unspecified atom stereocenters. The minimum Gasteiger partial charge on any atom is -0.366 e. The van der Waals surface area contributed by atoms with Crippen molar-refractivity contribution in [3.63, 3.8) is 0 Å². The Morgan fingerprint density at radius 1 is 1.27 bits per heavy atom. The van der Waals surface area contributed by atoms with Gasteiger partial charge in [0.2, 0.25) is 0 Å². The van der Waals surface area contributed by atoms with Crippen LogP contribution in [-0.2, 0) is 4.79 Å². The van der Waals surface area contributed by atoms with Gasteiger partial charge >= 0.3 is 0 Å². The molecule has 1 aliphatic heterocycles. The van der Waals surface area contributed by atoms with Gasteiger partial charge in [-0.25, -0.2) is 0 Å². The number of aryl methyl sites for hydroxylation is 2. The summed E-state index contributed by atoms with van der Waals surface area (Å²) in [6.45, 7) is 13.9. The zero-order valence-corrected chi connectivity index (χ0v) is 18.8. The molecule has 2 aromatic carbocycles. The lowest BCUT2D eigenvalue weighted by atomic mass is 9.79. The Labute approximate surface area is 180 Å². The number of nitrogens with zero attached hydrogens (tertiary/aromatic N) is 2. The largest absolute Gasteiger partial charge is 0.366 e. The summed E-state index contributed by atoms with van der Waals surface area (Å²) in [4.78, 5) is 15.2. The van der Waals surface area contributed by atoms with Crippen LogP contribution in [0, 0.1) is 25.2 Å². The molecule has 0 fully saturated rings. The van der Waals surface area contributed by atoms with E-state index in [2.05, 4.69) is 56.1 Å². The van der Waals surface area contributed by atoms with Gasteiger partial charge in [-0.3, -0.25) is 4.79 Å². The number of benzene rings is 2. The normalized spacial score (nSPS) is 17.8. The molecular formula is C26H31N3O. The summed E-state index contributed by atoms with van der Waals surface area (Å²) in [6, 6.07) is 14.1. The van der Waals surface area contributed by atoms with Gasteiger partial charge in [-0.1, -0.05) is 30.7 Å². The van der Waals surface area contributed by atoms with Crippen molar-refractivity contribution in [1.82, 2.24) is 0 Å². The third kappa shape index (κ3) is 4.26. The smallest absolute Gasteiger partial charge is 0.266 e. The van der Waals surface area contributed by atoms with Crippen molar-refractivity contribution in [3.05, 3.63) is 64.2 Å². The molecule has 0 aromatic heterocycles. The topological polar surface area (TPSA) is 56.1 Å². The lowest BCUT2D eigenvalue weighted by Gasteiger charge is -2.47. The quantitative estimate of drug-likeness (QED) is 0.508. The number of nitrogens with one attached hydrogen (secondary N) is 1. The lowest BCUT2D eigenvalue weighted by molar-refractivity contribution is -0.112. The maximum absolute atomic E-state index is 12.7. The van der Waals surface area contributed by atoms with Crippen molar-refractivity contribution < 1.29 is 4.79 Å². The van der Waals surface area contributed by atoms with Crippen molar-refractivity contribution in [2.24, 2.45) is 0 Å². The van der Waals surface area contributed by atoms with Crippen LogP contribution in [0.5, 0.6) is 0 Å². The summed E-state index contributed by atoms with van der Waals surface area (Å²) in [5, 5.41) is 12.5. The molecule has 3 rings (SSSR count). The maximum Gasteiger partial charge on any atom is 0.266 e. The van der Waals surface area contributed by atoms with Gasteiger partial charge in [0, 0.05) is 23.5 Å². The molecule has 0 bridgehead atoms. The van der Waals surface area contributed by atoms with E-state index in [1.807, 2.05) is 38.1 Å². The molecule has 1 N–H and O–H groups in total. The van der Waals surface area contributed by atoms with E-state index in [0.29, 0.717) is 5.92 Å². The highest BCUT2D eigenvalue weighted by atomic mass is 16.1. The first-order valence-corrected chi connectivity index (χ1v) is 10.6. The van der Waals surface area contributed by atoms with Crippen LogP contribution < -0.4 is 10.2 Å². The number of nitriles is 1. The van der Waals surface area contributed by atoms with Crippen molar-refractivity contribution in [3.8, 4) is 6.07 Å². The first-order chi connectivity index (χ1) is 14.2. The fraction of sp³-hybridized carbons (Fsp3) is 0.385. The zero-order chi connectivity index (χ0) is 22.1. The maximum atomic E-state index is 12.7. The van der Waals surface area contributed by atoms with Crippen LogP contribution in [0.15, 0.2) is 42.0 Å². The number of fused-ring (bicyclic) bond motifs is 1. The van der Waals surface area contributed by atoms with E-state index in [4.69, 9.17) is 0 Å². The highest BCUT2D eigenvalue weighted by Gasteiger charge is 2.35. The molecule has 1 atom stereocenters. The Morgan fingerprint density at radius 2 is 2.00 bits per heavy atom. The van der Waals surface area contributed by atoms with Gasteiger partial charge in [0.25, 0.3) is 5.91 Å². The van der Waals surface area contributed by atoms with Crippen LogP contribution in [0.25, 0.3) is 6.08 Å². The van der Waals surface area contributed by atoms with E-state index < -0.39 is 0 Å². The highest BCUT2D eigenvalue weighted by Crippen LogP contribution is 2.43. The van der Waals surface area contributed by atoms with Gasteiger partial charge < -0.3 is 10.2 Å². The standard InChI is InChI=1S/C26H31N3O/c1-7-29-24-11-9-20(14-22(24)19(4)15-26(29,5)6)13-21(16-27)25(30)28-23-10-8-17(2)12-18(23)3/h8-14,19H,7,15H2,1-6H3,(H,28,30)/b21-13-. The first-order valence-electron chi connectivity index (χ1n) is 10.6. The van der Waals surface area contributed by atoms with Crippen molar-refractivity contribution >= 4 is 23.4 Å². The number of carbonyl (C=O) groups is 1. The third-order valence-electron chi connectivity index (χ3n) is 6.03. The fourth-order valence-electron chi connectivity index (χ4n) is 4.66. The Hall–Kier alpha value is -3.06. The molecule has 4 nitrogen and oxygen atoms in total. The molecule has 1 amide bonds. The summed E-state index contributed by atoms with van der Waals surface area (Å²) in [5.74, 6) is 0.0345. The summed E-state index contributed by atoms with van der Waals surface area (Å²) >= 11 is 0. The van der Waals surface area contributed by atoms with Crippen LogP contribution >= 0.6 is 0 Å². The van der Waals surface area contributed by atoms with Crippen LogP contribution in [0.2, 0.25) is 0 Å². The predicted molar refractivity (Wildman–Crippen MR) is 125 cm³/mol. The van der Waals surface area contributed by atoms with E-state index in [0.717, 1.165) is 35.3 Å². The summed E-state index contributed by atoms with van der Waals surface area (Å²) < 4.78 is 0. The second-order valence-corrected chi connectivity index (χ2v) is 8.92. The summed E-state index contributed by atoms with van der Waals surface area (Å²) in [7, 11) is 0. The first kappa shape index (κ1) is 21.6. The zero-order valence-electron chi connectivity index (χ0n) is 18.8. The van der Waals surface area contributed by atoms with E-state index in [-0.39, 0.29) is 17.0 Å². The SMILES string of the molecule is CCN1c2ccc(/C=C(/C#N)C(=O)Nc3ccc(C)cc3C)cc2C(C)CC1(C)C. The molecule has 1 aliphatic rings. The summed E-state index contributed by atoms with van der Waals surface area (Å²) in [6.07, 6.45) is 2.75. The highest BCUT2D eigenvalue weighted by molar-refractivity contribution is 6.10. The molecule has 0 aliphatic carbocycles.